The molecule has 1 aliphatic rings. The van der Waals surface area contributed by atoms with Gasteiger partial charge in [0.15, 0.2) is 6.61 Å². The minimum atomic E-state index is -0.733. The highest BCUT2D eigenvalue weighted by molar-refractivity contribution is 8.00. The normalized spacial score (nSPS) is 15.0. The minimum absolute atomic E-state index is 0.0522. The SMILES string of the molecule is COc1ccc(NC(=O)COC(=O)c2ccc(N3C(=O)CC(Sc4cccc(N)c4)C3=O)cc2)cc1Cl. The molecule has 3 aromatic rings. The van der Waals surface area contributed by atoms with Crippen molar-refractivity contribution in [1.82, 2.24) is 0 Å². The lowest BCUT2D eigenvalue weighted by Crippen LogP contribution is -2.31. The second-order valence-corrected chi connectivity index (χ2v) is 9.65. The summed E-state index contributed by atoms with van der Waals surface area (Å²) >= 11 is 7.31. The summed E-state index contributed by atoms with van der Waals surface area (Å²) in [5.41, 5.74) is 7.29. The Hall–Kier alpha value is -4.02. The molecule has 1 heterocycles. The summed E-state index contributed by atoms with van der Waals surface area (Å²) in [5, 5.41) is 2.32. The minimum Gasteiger partial charge on any atom is -0.495 e. The van der Waals surface area contributed by atoms with Crippen molar-refractivity contribution in [3.63, 3.8) is 0 Å². The second kappa shape index (κ2) is 11.4. The number of carbonyl (C=O) groups excluding carboxylic acids is 4. The molecule has 37 heavy (non-hydrogen) atoms. The van der Waals surface area contributed by atoms with Gasteiger partial charge in [-0.25, -0.2) is 9.69 Å². The van der Waals surface area contributed by atoms with Crippen LogP contribution in [0.15, 0.2) is 71.6 Å². The summed E-state index contributed by atoms with van der Waals surface area (Å²) in [6.07, 6.45) is 0.0522. The monoisotopic (exact) mass is 539 g/mol. The Morgan fingerprint density at radius 2 is 1.86 bits per heavy atom. The lowest BCUT2D eigenvalue weighted by atomic mass is 10.2. The average Bonchev–Trinajstić information content (AvgIpc) is 3.15. The number of amides is 3. The molecule has 0 spiro atoms. The quantitative estimate of drug-likeness (QED) is 0.248. The summed E-state index contributed by atoms with van der Waals surface area (Å²) < 4.78 is 10.1. The van der Waals surface area contributed by atoms with Gasteiger partial charge in [-0.2, -0.15) is 0 Å². The van der Waals surface area contributed by atoms with E-state index < -0.39 is 23.7 Å². The van der Waals surface area contributed by atoms with Crippen LogP contribution in [0.4, 0.5) is 17.1 Å². The van der Waals surface area contributed by atoms with Crippen LogP contribution in [0.3, 0.4) is 0 Å². The fourth-order valence-corrected chi connectivity index (χ4v) is 5.00. The number of anilines is 3. The molecule has 0 aliphatic carbocycles. The van der Waals surface area contributed by atoms with E-state index in [0.717, 1.165) is 9.80 Å². The third-order valence-corrected chi connectivity index (χ3v) is 6.85. The number of imide groups is 1. The fraction of sp³-hybridized carbons (Fsp3) is 0.154. The highest BCUT2D eigenvalue weighted by Crippen LogP contribution is 2.34. The van der Waals surface area contributed by atoms with E-state index in [4.69, 9.17) is 26.8 Å². The Balaban J connectivity index is 1.33. The second-order valence-electron chi connectivity index (χ2n) is 7.97. The number of rotatable bonds is 8. The van der Waals surface area contributed by atoms with Crippen molar-refractivity contribution in [3.8, 4) is 5.75 Å². The Morgan fingerprint density at radius 3 is 2.54 bits per heavy atom. The number of thioether (sulfide) groups is 1. The van der Waals surface area contributed by atoms with E-state index in [0.29, 0.717) is 27.8 Å². The zero-order valence-corrected chi connectivity index (χ0v) is 21.2. The summed E-state index contributed by atoms with van der Waals surface area (Å²) in [4.78, 5) is 51.9. The van der Waals surface area contributed by atoms with Gasteiger partial charge in [0.25, 0.3) is 5.91 Å². The predicted molar refractivity (Wildman–Crippen MR) is 141 cm³/mol. The molecule has 0 bridgehead atoms. The van der Waals surface area contributed by atoms with Gasteiger partial charge in [-0.05, 0) is 60.7 Å². The third kappa shape index (κ3) is 6.22. The van der Waals surface area contributed by atoms with Crippen LogP contribution in [-0.4, -0.2) is 42.7 Å². The maximum atomic E-state index is 12.9. The van der Waals surface area contributed by atoms with E-state index >= 15 is 0 Å². The van der Waals surface area contributed by atoms with E-state index in [-0.39, 0.29) is 23.8 Å². The van der Waals surface area contributed by atoms with E-state index in [9.17, 15) is 19.2 Å². The number of ether oxygens (including phenoxy) is 2. The van der Waals surface area contributed by atoms with E-state index in [1.54, 1.807) is 30.3 Å². The molecule has 190 valence electrons. The number of methoxy groups -OCH3 is 1. The number of benzene rings is 3. The molecule has 1 fully saturated rings. The first-order valence-electron chi connectivity index (χ1n) is 11.0. The van der Waals surface area contributed by atoms with Crippen molar-refractivity contribution < 1.29 is 28.7 Å². The molecule has 3 amide bonds. The number of nitrogens with two attached hydrogens (primary N) is 1. The first-order chi connectivity index (χ1) is 17.7. The molecule has 0 aromatic heterocycles. The average molecular weight is 540 g/mol. The largest absolute Gasteiger partial charge is 0.495 e. The molecule has 1 saturated heterocycles. The van der Waals surface area contributed by atoms with Crippen LogP contribution in [-0.2, 0) is 19.1 Å². The third-order valence-electron chi connectivity index (χ3n) is 5.37. The molecule has 9 nitrogen and oxygen atoms in total. The van der Waals surface area contributed by atoms with Gasteiger partial charge in [0.05, 0.1) is 28.6 Å². The number of esters is 1. The number of hydrogen-bond donors (Lipinski definition) is 2. The number of nitrogens with one attached hydrogen (secondary N) is 1. The highest BCUT2D eigenvalue weighted by Gasteiger charge is 2.40. The zero-order valence-electron chi connectivity index (χ0n) is 19.6. The van der Waals surface area contributed by atoms with Crippen LogP contribution < -0.4 is 20.7 Å². The maximum Gasteiger partial charge on any atom is 0.338 e. The zero-order chi connectivity index (χ0) is 26.5. The Labute approximate surface area is 221 Å². The van der Waals surface area contributed by atoms with Gasteiger partial charge >= 0.3 is 5.97 Å². The van der Waals surface area contributed by atoms with Crippen LogP contribution in [0, 0.1) is 0 Å². The number of hydrogen-bond acceptors (Lipinski definition) is 8. The lowest BCUT2D eigenvalue weighted by molar-refractivity contribution is -0.121. The lowest BCUT2D eigenvalue weighted by Gasteiger charge is -2.15. The molecule has 0 saturated carbocycles. The standard InChI is InChI=1S/C26H22ClN3O6S/c1-35-21-10-7-17(12-20(21)27)29-23(31)14-36-26(34)15-5-8-18(9-6-15)30-24(32)13-22(25(30)33)37-19-4-2-3-16(28)11-19/h2-12,22H,13-14,28H2,1H3,(H,29,31). The number of halogens is 1. The number of nitrogens with zero attached hydrogens (tertiary/aromatic N) is 1. The Bertz CT molecular complexity index is 1360. The first kappa shape index (κ1) is 26.1. The highest BCUT2D eigenvalue weighted by atomic mass is 35.5. The van der Waals surface area contributed by atoms with E-state index in [2.05, 4.69) is 5.32 Å². The van der Waals surface area contributed by atoms with E-state index in [1.165, 1.54) is 49.2 Å². The Kier molecular flexibility index (Phi) is 8.00. The molecule has 1 atom stereocenters. The summed E-state index contributed by atoms with van der Waals surface area (Å²) in [6, 6.07) is 17.6. The topological polar surface area (TPSA) is 128 Å². The van der Waals surface area contributed by atoms with Crippen molar-refractivity contribution in [3.05, 3.63) is 77.3 Å². The van der Waals surface area contributed by atoms with Gasteiger partial charge in [-0.1, -0.05) is 17.7 Å². The van der Waals surface area contributed by atoms with E-state index in [1.807, 2.05) is 6.07 Å². The van der Waals surface area contributed by atoms with Crippen LogP contribution in [0.1, 0.15) is 16.8 Å². The molecule has 3 aromatic carbocycles. The van der Waals surface area contributed by atoms with Gasteiger partial charge in [0, 0.05) is 22.7 Å². The molecule has 0 radical (unpaired) electrons. The van der Waals surface area contributed by atoms with Crippen LogP contribution in [0.25, 0.3) is 0 Å². The maximum absolute atomic E-state index is 12.9. The van der Waals surface area contributed by atoms with Gasteiger partial charge in [-0.15, -0.1) is 11.8 Å². The first-order valence-corrected chi connectivity index (χ1v) is 12.3. The molecule has 3 N–H and O–H groups in total. The molecule has 1 unspecified atom stereocenters. The van der Waals surface area contributed by atoms with Crippen molar-refractivity contribution in [2.75, 3.05) is 29.7 Å². The smallest absolute Gasteiger partial charge is 0.338 e. The van der Waals surface area contributed by atoms with Crippen molar-refractivity contribution >= 4 is 64.1 Å². The summed E-state index contributed by atoms with van der Waals surface area (Å²) in [6.45, 7) is -0.518. The van der Waals surface area contributed by atoms with Gasteiger partial charge < -0.3 is 20.5 Å². The molecular formula is C26H22ClN3O6S. The summed E-state index contributed by atoms with van der Waals surface area (Å²) in [7, 11) is 1.48. The predicted octanol–water partition coefficient (Wildman–Crippen LogP) is 4.15. The molecular weight excluding hydrogens is 518 g/mol. The van der Waals surface area contributed by atoms with Gasteiger partial charge in [0.1, 0.15) is 5.75 Å². The van der Waals surface area contributed by atoms with Crippen molar-refractivity contribution in [2.24, 2.45) is 0 Å². The number of nitrogen functional groups attached to an aromatic ring is 1. The van der Waals surface area contributed by atoms with Crippen LogP contribution in [0.5, 0.6) is 5.75 Å². The van der Waals surface area contributed by atoms with Crippen LogP contribution >= 0.6 is 23.4 Å². The number of carbonyl (C=O) groups is 4. The molecule has 4 rings (SSSR count). The van der Waals surface area contributed by atoms with Crippen molar-refractivity contribution in [1.29, 1.82) is 0 Å². The molecule has 11 heteroatoms. The molecule has 1 aliphatic heterocycles. The van der Waals surface area contributed by atoms with Gasteiger partial charge in [-0.3, -0.25) is 14.4 Å². The summed E-state index contributed by atoms with van der Waals surface area (Å²) in [5.74, 6) is -1.51. The fourth-order valence-electron chi connectivity index (χ4n) is 3.62. The van der Waals surface area contributed by atoms with Gasteiger partial charge in [0.2, 0.25) is 11.8 Å². The Morgan fingerprint density at radius 1 is 1.11 bits per heavy atom. The van der Waals surface area contributed by atoms with Crippen LogP contribution in [0.2, 0.25) is 5.02 Å². The van der Waals surface area contributed by atoms with Crippen molar-refractivity contribution in [2.45, 2.75) is 16.6 Å².